The maximum absolute atomic E-state index is 6.14. The van der Waals surface area contributed by atoms with E-state index in [0.29, 0.717) is 10.9 Å². The van der Waals surface area contributed by atoms with E-state index in [0.717, 1.165) is 47.2 Å². The van der Waals surface area contributed by atoms with Gasteiger partial charge in [-0.3, -0.25) is 0 Å². The summed E-state index contributed by atoms with van der Waals surface area (Å²) in [4.78, 5) is 13.1. The molecule has 2 heterocycles. The van der Waals surface area contributed by atoms with E-state index in [-0.39, 0.29) is 0 Å². The molecule has 0 fully saturated rings. The second-order valence-corrected chi connectivity index (χ2v) is 6.27. The summed E-state index contributed by atoms with van der Waals surface area (Å²) >= 11 is 6.14. The molecule has 0 N–H and O–H groups in total. The Balaban J connectivity index is 1.98. The standard InChI is InChI=1S/C20H20ClN3O/c1-3-5-19-16(12-22-13-24-19)8-14-9-18(20(25-2)23-11-14)15-6-4-7-17(21)10-15/h4,6-7,9-13H,3,5,8H2,1-2H3. The van der Waals surface area contributed by atoms with Crippen molar-refractivity contribution < 1.29 is 4.74 Å². The van der Waals surface area contributed by atoms with Crippen molar-refractivity contribution in [3.8, 4) is 17.0 Å². The third-order valence-electron chi connectivity index (χ3n) is 4.00. The summed E-state index contributed by atoms with van der Waals surface area (Å²) in [6.45, 7) is 2.15. The van der Waals surface area contributed by atoms with Crippen LogP contribution >= 0.6 is 11.6 Å². The first-order chi connectivity index (χ1) is 12.2. The van der Waals surface area contributed by atoms with E-state index < -0.39 is 0 Å². The summed E-state index contributed by atoms with van der Waals surface area (Å²) < 4.78 is 5.43. The molecule has 0 bridgehead atoms. The highest BCUT2D eigenvalue weighted by Gasteiger charge is 2.11. The van der Waals surface area contributed by atoms with Crippen molar-refractivity contribution in [2.24, 2.45) is 0 Å². The molecular formula is C20H20ClN3O. The summed E-state index contributed by atoms with van der Waals surface area (Å²) in [6.07, 6.45) is 8.08. The van der Waals surface area contributed by atoms with Crippen molar-refractivity contribution in [3.63, 3.8) is 0 Å². The summed E-state index contributed by atoms with van der Waals surface area (Å²) in [6, 6.07) is 9.80. The Morgan fingerprint density at radius 1 is 1.12 bits per heavy atom. The monoisotopic (exact) mass is 353 g/mol. The van der Waals surface area contributed by atoms with Crippen molar-refractivity contribution in [1.82, 2.24) is 15.0 Å². The van der Waals surface area contributed by atoms with E-state index >= 15 is 0 Å². The van der Waals surface area contributed by atoms with Gasteiger partial charge in [0, 0.05) is 35.1 Å². The van der Waals surface area contributed by atoms with E-state index in [4.69, 9.17) is 16.3 Å². The Hall–Kier alpha value is -2.46. The SMILES string of the molecule is CCCc1ncncc1Cc1cnc(OC)c(-c2cccc(Cl)c2)c1. The van der Waals surface area contributed by atoms with Crippen LogP contribution in [0.3, 0.4) is 0 Å². The number of aryl methyl sites for hydroxylation is 1. The van der Waals surface area contributed by atoms with Crippen LogP contribution < -0.4 is 4.74 Å². The molecule has 0 spiro atoms. The van der Waals surface area contributed by atoms with Crippen molar-refractivity contribution in [3.05, 3.63) is 70.9 Å². The molecule has 0 saturated heterocycles. The highest BCUT2D eigenvalue weighted by atomic mass is 35.5. The first kappa shape index (κ1) is 17.4. The number of nitrogens with zero attached hydrogens (tertiary/aromatic N) is 3. The molecular weight excluding hydrogens is 334 g/mol. The van der Waals surface area contributed by atoms with Gasteiger partial charge in [0.05, 0.1) is 7.11 Å². The fourth-order valence-electron chi connectivity index (χ4n) is 2.83. The second-order valence-electron chi connectivity index (χ2n) is 5.83. The minimum absolute atomic E-state index is 0.587. The van der Waals surface area contributed by atoms with Gasteiger partial charge in [-0.2, -0.15) is 0 Å². The van der Waals surface area contributed by atoms with Crippen molar-refractivity contribution in [2.75, 3.05) is 7.11 Å². The zero-order valence-corrected chi connectivity index (χ0v) is 15.1. The average molecular weight is 354 g/mol. The molecule has 3 aromatic rings. The van der Waals surface area contributed by atoms with Crippen molar-refractivity contribution >= 4 is 11.6 Å². The first-order valence-electron chi connectivity index (χ1n) is 8.28. The van der Waals surface area contributed by atoms with Gasteiger partial charge in [0.25, 0.3) is 0 Å². The third-order valence-corrected chi connectivity index (χ3v) is 4.23. The molecule has 0 atom stereocenters. The first-order valence-corrected chi connectivity index (χ1v) is 8.65. The quantitative estimate of drug-likeness (QED) is 0.642. The summed E-state index contributed by atoms with van der Waals surface area (Å²) in [5.74, 6) is 0.587. The Morgan fingerprint density at radius 3 is 2.76 bits per heavy atom. The fraction of sp³-hybridized carbons (Fsp3) is 0.250. The van der Waals surface area contributed by atoms with Gasteiger partial charge in [0.15, 0.2) is 0 Å². The van der Waals surface area contributed by atoms with Gasteiger partial charge >= 0.3 is 0 Å². The van der Waals surface area contributed by atoms with Crippen LogP contribution in [0.5, 0.6) is 5.88 Å². The Labute approximate surface area is 152 Å². The van der Waals surface area contributed by atoms with Crippen LogP contribution in [0.4, 0.5) is 0 Å². The highest BCUT2D eigenvalue weighted by Crippen LogP contribution is 2.31. The second kappa shape index (κ2) is 8.08. The Bertz CT molecular complexity index is 867. The zero-order chi connectivity index (χ0) is 17.6. The van der Waals surface area contributed by atoms with Gasteiger partial charge in [0.1, 0.15) is 6.33 Å². The smallest absolute Gasteiger partial charge is 0.221 e. The number of ether oxygens (including phenoxy) is 1. The van der Waals surface area contributed by atoms with E-state index in [2.05, 4.69) is 27.9 Å². The third kappa shape index (κ3) is 4.15. The lowest BCUT2D eigenvalue weighted by atomic mass is 10.0. The normalized spacial score (nSPS) is 10.7. The molecule has 5 heteroatoms. The minimum Gasteiger partial charge on any atom is -0.481 e. The summed E-state index contributed by atoms with van der Waals surface area (Å²) in [5, 5.41) is 0.687. The molecule has 25 heavy (non-hydrogen) atoms. The molecule has 0 unspecified atom stereocenters. The molecule has 0 saturated carbocycles. The number of hydrogen-bond donors (Lipinski definition) is 0. The van der Waals surface area contributed by atoms with E-state index in [1.807, 2.05) is 36.7 Å². The molecule has 0 aliphatic rings. The molecule has 0 aliphatic carbocycles. The van der Waals surface area contributed by atoms with E-state index in [9.17, 15) is 0 Å². The fourth-order valence-corrected chi connectivity index (χ4v) is 3.02. The minimum atomic E-state index is 0.587. The molecule has 0 radical (unpaired) electrons. The molecule has 1 aromatic carbocycles. The maximum atomic E-state index is 6.14. The molecule has 3 rings (SSSR count). The number of methoxy groups -OCH3 is 1. The Kier molecular flexibility index (Phi) is 5.61. The largest absolute Gasteiger partial charge is 0.481 e. The van der Waals surface area contributed by atoms with Gasteiger partial charge < -0.3 is 4.74 Å². The van der Waals surface area contributed by atoms with E-state index in [1.165, 1.54) is 0 Å². The average Bonchev–Trinajstić information content (AvgIpc) is 2.63. The van der Waals surface area contributed by atoms with Crippen LogP contribution in [0.2, 0.25) is 5.02 Å². The Morgan fingerprint density at radius 2 is 2.00 bits per heavy atom. The van der Waals surface area contributed by atoms with Crippen LogP contribution in [0.15, 0.2) is 49.1 Å². The van der Waals surface area contributed by atoms with Crippen LogP contribution in [0.25, 0.3) is 11.1 Å². The predicted molar refractivity (Wildman–Crippen MR) is 100 cm³/mol. The number of hydrogen-bond acceptors (Lipinski definition) is 4. The number of halogens is 1. The topological polar surface area (TPSA) is 47.9 Å². The molecule has 0 amide bonds. The predicted octanol–water partition coefficient (Wildman–Crippen LogP) is 4.74. The zero-order valence-electron chi connectivity index (χ0n) is 14.4. The van der Waals surface area contributed by atoms with Crippen LogP contribution in [0, 0.1) is 0 Å². The van der Waals surface area contributed by atoms with Gasteiger partial charge in [-0.1, -0.05) is 37.1 Å². The summed E-state index contributed by atoms with van der Waals surface area (Å²) in [5.41, 5.74) is 5.22. The lowest BCUT2D eigenvalue weighted by Gasteiger charge is -2.11. The van der Waals surface area contributed by atoms with Crippen LogP contribution in [-0.2, 0) is 12.8 Å². The van der Waals surface area contributed by atoms with Gasteiger partial charge in [0.2, 0.25) is 5.88 Å². The van der Waals surface area contributed by atoms with Crippen molar-refractivity contribution in [1.29, 1.82) is 0 Å². The lowest BCUT2D eigenvalue weighted by molar-refractivity contribution is 0.399. The number of benzene rings is 1. The highest BCUT2D eigenvalue weighted by molar-refractivity contribution is 6.30. The number of aromatic nitrogens is 3. The molecule has 0 aliphatic heterocycles. The van der Waals surface area contributed by atoms with E-state index in [1.54, 1.807) is 13.4 Å². The lowest BCUT2D eigenvalue weighted by Crippen LogP contribution is -2.01. The number of rotatable bonds is 6. The van der Waals surface area contributed by atoms with Gasteiger partial charge in [-0.25, -0.2) is 15.0 Å². The molecule has 128 valence electrons. The van der Waals surface area contributed by atoms with Gasteiger partial charge in [-0.15, -0.1) is 0 Å². The maximum Gasteiger partial charge on any atom is 0.221 e. The summed E-state index contributed by atoms with van der Waals surface area (Å²) in [7, 11) is 1.63. The van der Waals surface area contributed by atoms with Crippen LogP contribution in [-0.4, -0.2) is 22.1 Å². The van der Waals surface area contributed by atoms with Crippen molar-refractivity contribution in [2.45, 2.75) is 26.2 Å². The molecule has 4 nitrogen and oxygen atoms in total. The van der Waals surface area contributed by atoms with Gasteiger partial charge in [-0.05, 0) is 41.3 Å². The molecule has 2 aromatic heterocycles. The number of pyridine rings is 1. The van der Waals surface area contributed by atoms with Crippen LogP contribution in [0.1, 0.15) is 30.2 Å².